The van der Waals surface area contributed by atoms with Gasteiger partial charge < -0.3 is 10.6 Å². The van der Waals surface area contributed by atoms with E-state index in [9.17, 15) is 9.59 Å². The zero-order valence-electron chi connectivity index (χ0n) is 16.5. The lowest BCUT2D eigenvalue weighted by Crippen LogP contribution is -2.22. The number of anilines is 2. The highest BCUT2D eigenvalue weighted by Gasteiger charge is 2.15. The zero-order chi connectivity index (χ0) is 22.4. The molecule has 31 heavy (non-hydrogen) atoms. The molecule has 3 aromatic carbocycles. The van der Waals surface area contributed by atoms with Crippen LogP contribution in [0.3, 0.4) is 0 Å². The molecule has 0 aliphatic heterocycles. The minimum Gasteiger partial charge on any atom is -0.326 e. The fourth-order valence-corrected chi connectivity index (χ4v) is 4.07. The lowest BCUT2D eigenvalue weighted by Gasteiger charge is -2.13. The predicted octanol–water partition coefficient (Wildman–Crippen LogP) is 6.95. The van der Waals surface area contributed by atoms with Crippen molar-refractivity contribution in [3.05, 3.63) is 87.4 Å². The molecule has 1 atom stereocenters. The normalized spacial score (nSPS) is 11.6. The Balaban J connectivity index is 1.57. The molecule has 2 amide bonds. The number of thioether (sulfide) groups is 1. The number of amides is 2. The first-order chi connectivity index (χ1) is 14.8. The maximum atomic E-state index is 12.5. The summed E-state index contributed by atoms with van der Waals surface area (Å²) in [5.41, 5.74) is 2.12. The van der Waals surface area contributed by atoms with Gasteiger partial charge in [0, 0.05) is 21.3 Å². The lowest BCUT2D eigenvalue weighted by atomic mass is 10.1. The average Bonchev–Trinajstić information content (AvgIpc) is 2.72. The third-order valence-electron chi connectivity index (χ3n) is 4.26. The van der Waals surface area contributed by atoms with Crippen LogP contribution >= 0.6 is 46.6 Å². The number of carbonyl (C=O) groups excluding carboxylic acids is 2. The molecule has 0 radical (unpaired) electrons. The first-order valence-corrected chi connectivity index (χ1v) is 11.4. The lowest BCUT2D eigenvalue weighted by molar-refractivity contribution is -0.116. The van der Waals surface area contributed by atoms with E-state index in [0.717, 1.165) is 10.5 Å². The number of benzene rings is 3. The maximum Gasteiger partial charge on any atom is 0.237 e. The first-order valence-electron chi connectivity index (χ1n) is 9.37. The van der Waals surface area contributed by atoms with Crippen LogP contribution in [0.15, 0.2) is 71.6 Å². The summed E-state index contributed by atoms with van der Waals surface area (Å²) in [6.07, 6.45) is 0.247. The molecule has 0 spiro atoms. The van der Waals surface area contributed by atoms with Crippen LogP contribution < -0.4 is 10.6 Å². The Morgan fingerprint density at radius 3 is 2.29 bits per heavy atom. The van der Waals surface area contributed by atoms with E-state index in [1.165, 1.54) is 11.8 Å². The van der Waals surface area contributed by atoms with Gasteiger partial charge in [-0.25, -0.2) is 0 Å². The van der Waals surface area contributed by atoms with Gasteiger partial charge in [-0.05, 0) is 61.0 Å². The molecule has 0 saturated carbocycles. The molecular weight excluding hydrogens is 475 g/mol. The number of carbonyl (C=O) groups is 2. The van der Waals surface area contributed by atoms with Crippen molar-refractivity contribution >= 4 is 69.8 Å². The molecule has 0 aromatic heterocycles. The van der Waals surface area contributed by atoms with E-state index < -0.39 is 0 Å². The fraction of sp³-hybridized carbons (Fsp3) is 0.130. The summed E-state index contributed by atoms with van der Waals surface area (Å²) in [4.78, 5) is 25.7. The van der Waals surface area contributed by atoms with E-state index in [1.54, 1.807) is 30.3 Å². The second-order valence-corrected chi connectivity index (χ2v) is 9.42. The van der Waals surface area contributed by atoms with Crippen molar-refractivity contribution in [1.82, 2.24) is 0 Å². The van der Waals surface area contributed by atoms with E-state index >= 15 is 0 Å². The SMILES string of the molecule is CC(Sc1cccc(NC(=O)Cc2ccc(Cl)cc2)c1)C(=O)Nc1ccc(Cl)c(Cl)c1. The largest absolute Gasteiger partial charge is 0.326 e. The topological polar surface area (TPSA) is 58.2 Å². The Labute approximate surface area is 200 Å². The van der Waals surface area contributed by atoms with Gasteiger partial charge in [-0.3, -0.25) is 9.59 Å². The Hall–Kier alpha value is -2.18. The van der Waals surface area contributed by atoms with Gasteiger partial charge in [0.15, 0.2) is 0 Å². The molecular formula is C23H19Cl3N2O2S. The van der Waals surface area contributed by atoms with Crippen LogP contribution in [0, 0.1) is 0 Å². The van der Waals surface area contributed by atoms with Gasteiger partial charge in [-0.15, -0.1) is 11.8 Å². The highest BCUT2D eigenvalue weighted by Crippen LogP contribution is 2.28. The minimum absolute atomic E-state index is 0.130. The smallest absolute Gasteiger partial charge is 0.237 e. The number of hydrogen-bond donors (Lipinski definition) is 2. The van der Waals surface area contributed by atoms with E-state index in [-0.39, 0.29) is 23.5 Å². The summed E-state index contributed by atoms with van der Waals surface area (Å²) in [5.74, 6) is -0.296. The van der Waals surface area contributed by atoms with Crippen molar-refractivity contribution in [3.63, 3.8) is 0 Å². The molecule has 0 fully saturated rings. The van der Waals surface area contributed by atoms with Gasteiger partial charge in [0.25, 0.3) is 0 Å². The molecule has 3 aromatic rings. The average molecular weight is 494 g/mol. The van der Waals surface area contributed by atoms with Crippen molar-refractivity contribution in [2.75, 3.05) is 10.6 Å². The zero-order valence-corrected chi connectivity index (χ0v) is 19.6. The summed E-state index contributed by atoms with van der Waals surface area (Å²) in [6, 6.07) is 19.5. The minimum atomic E-state index is -0.366. The molecule has 0 saturated heterocycles. The maximum absolute atomic E-state index is 12.5. The molecule has 0 aliphatic carbocycles. The van der Waals surface area contributed by atoms with Gasteiger partial charge in [-0.2, -0.15) is 0 Å². The first kappa shape index (κ1) is 23.5. The van der Waals surface area contributed by atoms with Crippen LogP contribution in [0.1, 0.15) is 12.5 Å². The van der Waals surface area contributed by atoms with Crippen molar-refractivity contribution in [2.24, 2.45) is 0 Å². The molecule has 2 N–H and O–H groups in total. The van der Waals surface area contributed by atoms with Gasteiger partial charge in [-0.1, -0.05) is 53.0 Å². The molecule has 0 bridgehead atoms. The van der Waals surface area contributed by atoms with Crippen molar-refractivity contribution in [1.29, 1.82) is 0 Å². The molecule has 1 unspecified atom stereocenters. The summed E-state index contributed by atoms with van der Waals surface area (Å²) in [5, 5.41) is 6.78. The highest BCUT2D eigenvalue weighted by atomic mass is 35.5. The molecule has 8 heteroatoms. The number of halogens is 3. The van der Waals surface area contributed by atoms with Crippen LogP contribution in [0.4, 0.5) is 11.4 Å². The Kier molecular flexibility index (Phi) is 8.27. The van der Waals surface area contributed by atoms with Gasteiger partial charge in [0.2, 0.25) is 11.8 Å². The molecule has 160 valence electrons. The van der Waals surface area contributed by atoms with E-state index in [1.807, 2.05) is 43.3 Å². The highest BCUT2D eigenvalue weighted by molar-refractivity contribution is 8.00. The fourth-order valence-electron chi connectivity index (χ4n) is 2.72. The van der Waals surface area contributed by atoms with Crippen LogP contribution in [-0.2, 0) is 16.0 Å². The Morgan fingerprint density at radius 1 is 0.871 bits per heavy atom. The molecule has 4 nitrogen and oxygen atoms in total. The monoisotopic (exact) mass is 492 g/mol. The predicted molar refractivity (Wildman–Crippen MR) is 131 cm³/mol. The third-order valence-corrected chi connectivity index (χ3v) is 6.35. The van der Waals surface area contributed by atoms with Gasteiger partial charge >= 0.3 is 0 Å². The second kappa shape index (κ2) is 10.9. The van der Waals surface area contributed by atoms with Crippen LogP contribution in [0.2, 0.25) is 15.1 Å². The third kappa shape index (κ3) is 7.18. The number of hydrogen-bond acceptors (Lipinski definition) is 3. The number of nitrogens with one attached hydrogen (secondary N) is 2. The van der Waals surface area contributed by atoms with Crippen LogP contribution in [-0.4, -0.2) is 17.1 Å². The molecule has 3 rings (SSSR count). The summed E-state index contributed by atoms with van der Waals surface area (Å²) >= 11 is 19.2. The Bertz CT molecular complexity index is 1090. The second-order valence-electron chi connectivity index (χ2n) is 6.76. The van der Waals surface area contributed by atoms with Crippen molar-refractivity contribution in [3.8, 4) is 0 Å². The van der Waals surface area contributed by atoms with E-state index in [4.69, 9.17) is 34.8 Å². The molecule has 0 heterocycles. The van der Waals surface area contributed by atoms with Crippen LogP contribution in [0.5, 0.6) is 0 Å². The van der Waals surface area contributed by atoms with Gasteiger partial charge in [0.1, 0.15) is 0 Å². The Morgan fingerprint density at radius 2 is 1.58 bits per heavy atom. The number of rotatable bonds is 7. The summed E-state index contributed by atoms with van der Waals surface area (Å²) in [7, 11) is 0. The van der Waals surface area contributed by atoms with Crippen molar-refractivity contribution < 1.29 is 9.59 Å². The molecule has 0 aliphatic rings. The standard InChI is InChI=1S/C23H19Cl3N2O2S/c1-14(23(30)28-18-9-10-20(25)21(26)13-18)31-19-4-2-3-17(12-19)27-22(29)11-15-5-7-16(24)8-6-15/h2-10,12-14H,11H2,1H3,(H,27,29)(H,28,30). The van der Waals surface area contributed by atoms with Gasteiger partial charge in [0.05, 0.1) is 21.7 Å². The summed E-state index contributed by atoms with van der Waals surface area (Å²) in [6.45, 7) is 1.81. The van der Waals surface area contributed by atoms with Crippen LogP contribution in [0.25, 0.3) is 0 Å². The quantitative estimate of drug-likeness (QED) is 0.350. The summed E-state index contributed by atoms with van der Waals surface area (Å²) < 4.78 is 0. The van der Waals surface area contributed by atoms with E-state index in [2.05, 4.69) is 10.6 Å². The van der Waals surface area contributed by atoms with E-state index in [0.29, 0.717) is 26.4 Å². The van der Waals surface area contributed by atoms with Crippen molar-refractivity contribution in [2.45, 2.75) is 23.5 Å².